The van der Waals surface area contributed by atoms with Crippen molar-refractivity contribution in [3.8, 4) is 5.75 Å². The average Bonchev–Trinajstić information content (AvgIpc) is 3.11. The van der Waals surface area contributed by atoms with E-state index in [9.17, 15) is 4.39 Å². The van der Waals surface area contributed by atoms with Crippen molar-refractivity contribution in [3.63, 3.8) is 0 Å². The third kappa shape index (κ3) is 6.37. The highest BCUT2D eigenvalue weighted by atomic mass is 127. The number of hydrogen-bond acceptors (Lipinski definition) is 2. The number of rotatable bonds is 7. The first-order valence-corrected chi connectivity index (χ1v) is 9.26. The Morgan fingerprint density at radius 1 is 1.15 bits per heavy atom. The second-order valence-electron chi connectivity index (χ2n) is 6.32. The zero-order valence-electron chi connectivity index (χ0n) is 15.6. The standard InChI is InChI=1S/C21H26FN3O.HI/c1-2-23-21(25-13-10-17-5-3-4-6-19(17)22)24-12-9-16-7-8-20-18(15-16)11-14-26-20;/h3-8,15H,2,9-14H2,1H3,(H2,23,24,25);1H. The third-order valence-corrected chi connectivity index (χ3v) is 4.41. The molecule has 0 bridgehead atoms. The molecule has 1 aliphatic heterocycles. The van der Waals surface area contributed by atoms with Gasteiger partial charge in [-0.1, -0.05) is 30.3 Å². The van der Waals surface area contributed by atoms with E-state index in [-0.39, 0.29) is 29.8 Å². The quantitative estimate of drug-likeness (QED) is 0.359. The van der Waals surface area contributed by atoms with Crippen LogP contribution in [0.1, 0.15) is 23.6 Å². The molecule has 0 saturated heterocycles. The number of nitrogens with zero attached hydrogens (tertiary/aromatic N) is 1. The Labute approximate surface area is 177 Å². The lowest BCUT2D eigenvalue weighted by atomic mass is 10.1. The predicted octanol–water partition coefficient (Wildman–Crippen LogP) is 3.72. The van der Waals surface area contributed by atoms with Crippen LogP contribution < -0.4 is 15.4 Å². The van der Waals surface area contributed by atoms with Crippen LogP contribution in [0.15, 0.2) is 47.5 Å². The van der Waals surface area contributed by atoms with Gasteiger partial charge in [0.15, 0.2) is 5.96 Å². The molecule has 0 amide bonds. The summed E-state index contributed by atoms with van der Waals surface area (Å²) in [5, 5.41) is 6.59. The molecule has 2 N–H and O–H groups in total. The normalized spacial score (nSPS) is 12.7. The molecular formula is C21H27FIN3O. The molecule has 0 radical (unpaired) electrons. The predicted molar refractivity (Wildman–Crippen MR) is 119 cm³/mol. The molecule has 0 aromatic heterocycles. The lowest BCUT2D eigenvalue weighted by Gasteiger charge is -2.12. The number of halogens is 2. The summed E-state index contributed by atoms with van der Waals surface area (Å²) in [5.74, 6) is 1.62. The van der Waals surface area contributed by atoms with Gasteiger partial charge in [-0.25, -0.2) is 4.39 Å². The Kier molecular flexibility index (Phi) is 8.84. The summed E-state index contributed by atoms with van der Waals surface area (Å²) in [6, 6.07) is 13.3. The van der Waals surface area contributed by atoms with Crippen molar-refractivity contribution in [2.75, 3.05) is 26.2 Å². The van der Waals surface area contributed by atoms with Gasteiger partial charge in [-0.3, -0.25) is 4.99 Å². The van der Waals surface area contributed by atoms with Crippen molar-refractivity contribution in [3.05, 3.63) is 65.0 Å². The highest BCUT2D eigenvalue weighted by Crippen LogP contribution is 2.25. The topological polar surface area (TPSA) is 45.7 Å². The molecule has 0 spiro atoms. The molecule has 0 unspecified atom stereocenters. The van der Waals surface area contributed by atoms with Gasteiger partial charge in [0, 0.05) is 26.1 Å². The number of aliphatic imine (C=N–C) groups is 1. The zero-order chi connectivity index (χ0) is 18.2. The number of guanidine groups is 1. The second kappa shape index (κ2) is 11.1. The van der Waals surface area contributed by atoms with E-state index in [2.05, 4.69) is 33.8 Å². The fourth-order valence-corrected chi connectivity index (χ4v) is 3.05. The first kappa shape index (κ1) is 21.5. The maximum atomic E-state index is 13.7. The van der Waals surface area contributed by atoms with Crippen molar-refractivity contribution >= 4 is 29.9 Å². The highest BCUT2D eigenvalue weighted by molar-refractivity contribution is 14.0. The molecule has 4 nitrogen and oxygen atoms in total. The first-order chi connectivity index (χ1) is 12.8. The smallest absolute Gasteiger partial charge is 0.191 e. The van der Waals surface area contributed by atoms with E-state index >= 15 is 0 Å². The minimum atomic E-state index is -0.166. The summed E-state index contributed by atoms with van der Waals surface area (Å²) < 4.78 is 19.2. The molecule has 0 aliphatic carbocycles. The van der Waals surface area contributed by atoms with Crippen LogP contribution in [0.4, 0.5) is 4.39 Å². The fourth-order valence-electron chi connectivity index (χ4n) is 3.05. The highest BCUT2D eigenvalue weighted by Gasteiger charge is 2.11. The van der Waals surface area contributed by atoms with Crippen LogP contribution in [0.2, 0.25) is 0 Å². The van der Waals surface area contributed by atoms with Gasteiger partial charge < -0.3 is 15.4 Å². The fraction of sp³-hybridized carbons (Fsp3) is 0.381. The summed E-state index contributed by atoms with van der Waals surface area (Å²) >= 11 is 0. The third-order valence-electron chi connectivity index (χ3n) is 4.41. The van der Waals surface area contributed by atoms with E-state index in [1.165, 1.54) is 17.2 Å². The summed E-state index contributed by atoms with van der Waals surface area (Å²) in [6.45, 7) is 4.96. The van der Waals surface area contributed by atoms with Gasteiger partial charge in [0.1, 0.15) is 11.6 Å². The summed E-state index contributed by atoms with van der Waals surface area (Å²) in [6.07, 6.45) is 2.51. The van der Waals surface area contributed by atoms with Crippen molar-refractivity contribution in [2.24, 2.45) is 4.99 Å². The number of ether oxygens (including phenoxy) is 1. The lowest BCUT2D eigenvalue weighted by molar-refractivity contribution is 0.357. The largest absolute Gasteiger partial charge is 0.493 e. The maximum absolute atomic E-state index is 13.7. The maximum Gasteiger partial charge on any atom is 0.191 e. The van der Waals surface area contributed by atoms with Crippen molar-refractivity contribution in [1.29, 1.82) is 0 Å². The van der Waals surface area contributed by atoms with E-state index in [1.807, 2.05) is 19.1 Å². The van der Waals surface area contributed by atoms with E-state index in [0.29, 0.717) is 18.5 Å². The van der Waals surface area contributed by atoms with Crippen molar-refractivity contribution in [1.82, 2.24) is 10.6 Å². The van der Waals surface area contributed by atoms with Crippen LogP contribution in [-0.4, -0.2) is 32.2 Å². The molecule has 1 heterocycles. The van der Waals surface area contributed by atoms with Gasteiger partial charge in [-0.15, -0.1) is 24.0 Å². The minimum Gasteiger partial charge on any atom is -0.493 e. The van der Waals surface area contributed by atoms with E-state index in [4.69, 9.17) is 4.74 Å². The Morgan fingerprint density at radius 3 is 2.81 bits per heavy atom. The average molecular weight is 483 g/mol. The Bertz CT molecular complexity index is 767. The SMILES string of the molecule is CCNC(=NCCc1ccccc1F)NCCc1ccc2c(c1)CCO2.I. The summed E-state index contributed by atoms with van der Waals surface area (Å²) in [4.78, 5) is 4.55. The number of fused-ring (bicyclic) bond motifs is 1. The number of benzene rings is 2. The van der Waals surface area contributed by atoms with Crippen LogP contribution in [0.3, 0.4) is 0 Å². The Hall–Kier alpha value is -1.83. The molecule has 3 rings (SSSR count). The Balaban J connectivity index is 0.00000261. The van der Waals surface area contributed by atoms with Crippen molar-refractivity contribution in [2.45, 2.75) is 26.2 Å². The van der Waals surface area contributed by atoms with Gasteiger partial charge in [0.05, 0.1) is 6.61 Å². The van der Waals surface area contributed by atoms with Gasteiger partial charge in [0.2, 0.25) is 0 Å². The molecule has 27 heavy (non-hydrogen) atoms. The lowest BCUT2D eigenvalue weighted by Crippen LogP contribution is -2.38. The molecule has 146 valence electrons. The van der Waals surface area contributed by atoms with Crippen LogP contribution in [0.5, 0.6) is 5.75 Å². The summed E-state index contributed by atoms with van der Waals surface area (Å²) in [7, 11) is 0. The Morgan fingerprint density at radius 2 is 2.00 bits per heavy atom. The van der Waals surface area contributed by atoms with Crippen LogP contribution >= 0.6 is 24.0 Å². The molecule has 6 heteroatoms. The van der Waals surface area contributed by atoms with Crippen LogP contribution in [-0.2, 0) is 19.3 Å². The van der Waals surface area contributed by atoms with E-state index in [0.717, 1.165) is 44.2 Å². The summed E-state index contributed by atoms with van der Waals surface area (Å²) in [5.41, 5.74) is 3.30. The molecule has 1 aliphatic rings. The molecule has 2 aromatic rings. The van der Waals surface area contributed by atoms with Crippen LogP contribution in [0, 0.1) is 5.82 Å². The minimum absolute atomic E-state index is 0. The molecule has 0 saturated carbocycles. The molecule has 0 atom stereocenters. The monoisotopic (exact) mass is 483 g/mol. The van der Waals surface area contributed by atoms with Gasteiger partial charge >= 0.3 is 0 Å². The van der Waals surface area contributed by atoms with E-state index in [1.54, 1.807) is 6.07 Å². The van der Waals surface area contributed by atoms with Crippen LogP contribution in [0.25, 0.3) is 0 Å². The molecule has 2 aromatic carbocycles. The van der Waals surface area contributed by atoms with Gasteiger partial charge in [0.25, 0.3) is 0 Å². The van der Waals surface area contributed by atoms with Gasteiger partial charge in [-0.2, -0.15) is 0 Å². The number of nitrogens with one attached hydrogen (secondary N) is 2. The van der Waals surface area contributed by atoms with E-state index < -0.39 is 0 Å². The second-order valence-corrected chi connectivity index (χ2v) is 6.32. The first-order valence-electron chi connectivity index (χ1n) is 9.26. The molecule has 0 fully saturated rings. The van der Waals surface area contributed by atoms with Gasteiger partial charge in [-0.05, 0) is 48.6 Å². The van der Waals surface area contributed by atoms with Crippen molar-refractivity contribution < 1.29 is 9.13 Å². The number of hydrogen-bond donors (Lipinski definition) is 2. The zero-order valence-corrected chi connectivity index (χ0v) is 18.0. The molecular weight excluding hydrogens is 456 g/mol.